The highest BCUT2D eigenvalue weighted by Crippen LogP contribution is 2.22. The maximum absolute atomic E-state index is 14.1. The lowest BCUT2D eigenvalue weighted by Crippen LogP contribution is -2.58. The molecular weight excluding hydrogens is 555 g/mol. The molecule has 4 rings (SSSR count). The van der Waals surface area contributed by atoms with E-state index in [9.17, 15) is 42.6 Å². The molecule has 1 aliphatic heterocycles. The van der Waals surface area contributed by atoms with E-state index in [2.05, 4.69) is 0 Å². The molecule has 0 radical (unpaired) electrons. The smallest absolute Gasteiger partial charge is 0.335 e. The van der Waals surface area contributed by atoms with Crippen LogP contribution < -0.4 is 5.73 Å². The van der Waals surface area contributed by atoms with Gasteiger partial charge in [0.05, 0.1) is 17.2 Å². The number of carbonyl (C=O) groups is 4. The van der Waals surface area contributed by atoms with Crippen LogP contribution >= 0.6 is 0 Å². The van der Waals surface area contributed by atoms with Gasteiger partial charge >= 0.3 is 11.9 Å². The number of hydrogen-bond donors (Lipinski definition) is 3. The lowest BCUT2D eigenvalue weighted by atomic mass is 9.98. The molecule has 42 heavy (non-hydrogen) atoms. The molecule has 12 heteroatoms. The summed E-state index contributed by atoms with van der Waals surface area (Å²) in [6.07, 6.45) is -0.0678. The van der Waals surface area contributed by atoms with Crippen molar-refractivity contribution in [2.45, 2.75) is 31.3 Å². The van der Waals surface area contributed by atoms with E-state index in [1.165, 1.54) is 4.90 Å². The molecule has 0 saturated carbocycles. The third kappa shape index (κ3) is 7.13. The number of benzene rings is 3. The van der Waals surface area contributed by atoms with Crippen LogP contribution in [0.5, 0.6) is 0 Å². The normalized spacial score (nSPS) is 15.8. The van der Waals surface area contributed by atoms with E-state index < -0.39 is 47.4 Å². The summed E-state index contributed by atoms with van der Waals surface area (Å²) in [7, 11) is 0. The predicted octanol–water partition coefficient (Wildman–Crippen LogP) is 3.36. The second kappa shape index (κ2) is 12.9. The Morgan fingerprint density at radius 2 is 1.43 bits per heavy atom. The van der Waals surface area contributed by atoms with Crippen molar-refractivity contribution in [3.05, 3.63) is 106 Å². The summed E-state index contributed by atoms with van der Waals surface area (Å²) >= 11 is 0. The van der Waals surface area contributed by atoms with Gasteiger partial charge in [-0.1, -0.05) is 30.3 Å². The second-order valence-electron chi connectivity index (χ2n) is 10.1. The Kier molecular flexibility index (Phi) is 9.26. The van der Waals surface area contributed by atoms with Gasteiger partial charge in [-0.25, -0.2) is 22.8 Å². The van der Waals surface area contributed by atoms with Crippen LogP contribution in [0.3, 0.4) is 0 Å². The standard InChI is InChI=1S/C30H28F3N3O6/c31-24-15-26(33)25(32)13-18(24)12-22(34)14-27(37)36-7-6-35(16-23(36)8-17-4-2-1-3-5-17)28(38)19-9-20(29(39)40)11-21(10-19)30(41)42/h1-5,9-11,13,15,22-23H,6-8,12,14,16,34H2,(H,39,40)(H,41,42)/t22-,23-/m1/s1. The van der Waals surface area contributed by atoms with Crippen molar-refractivity contribution in [2.24, 2.45) is 5.73 Å². The first-order chi connectivity index (χ1) is 19.9. The Morgan fingerprint density at radius 3 is 2.05 bits per heavy atom. The van der Waals surface area contributed by atoms with Gasteiger partial charge in [-0.2, -0.15) is 0 Å². The van der Waals surface area contributed by atoms with Crippen LogP contribution in [0.2, 0.25) is 0 Å². The SMILES string of the molecule is N[C@@H](CC(=O)N1CCN(C(=O)c2cc(C(=O)O)cc(C(=O)O)c2)C[C@H]1Cc1ccccc1)Cc1cc(F)c(F)cc1F. The molecule has 220 valence electrons. The number of carbonyl (C=O) groups excluding carboxylic acids is 2. The second-order valence-corrected chi connectivity index (χ2v) is 10.1. The predicted molar refractivity (Wildman–Crippen MR) is 145 cm³/mol. The molecule has 0 aromatic heterocycles. The average molecular weight is 584 g/mol. The van der Waals surface area contributed by atoms with Gasteiger partial charge < -0.3 is 25.7 Å². The van der Waals surface area contributed by atoms with E-state index in [1.54, 1.807) is 4.90 Å². The highest BCUT2D eigenvalue weighted by molar-refractivity contribution is 6.01. The average Bonchev–Trinajstić information content (AvgIpc) is 2.95. The van der Waals surface area contributed by atoms with Crippen LogP contribution in [0, 0.1) is 17.5 Å². The van der Waals surface area contributed by atoms with Gasteiger partial charge in [-0.05, 0) is 48.2 Å². The van der Waals surface area contributed by atoms with Crippen LogP contribution in [0.1, 0.15) is 48.6 Å². The number of piperazine rings is 1. The number of aromatic carboxylic acids is 2. The van der Waals surface area contributed by atoms with E-state index in [1.807, 2.05) is 30.3 Å². The Balaban J connectivity index is 1.53. The molecule has 1 aliphatic rings. The molecule has 1 fully saturated rings. The summed E-state index contributed by atoms with van der Waals surface area (Å²) in [6, 6.07) is 12.1. The number of rotatable bonds is 9. The van der Waals surface area contributed by atoms with E-state index >= 15 is 0 Å². The monoisotopic (exact) mass is 583 g/mol. The van der Waals surface area contributed by atoms with Crippen LogP contribution in [0.25, 0.3) is 0 Å². The van der Waals surface area contributed by atoms with Gasteiger partial charge in [0.2, 0.25) is 5.91 Å². The van der Waals surface area contributed by atoms with Crippen molar-refractivity contribution in [3.8, 4) is 0 Å². The Morgan fingerprint density at radius 1 is 0.833 bits per heavy atom. The van der Waals surface area contributed by atoms with Crippen molar-refractivity contribution < 1.29 is 42.6 Å². The Bertz CT molecular complexity index is 1490. The van der Waals surface area contributed by atoms with Crippen molar-refractivity contribution >= 4 is 23.8 Å². The Hall–Kier alpha value is -4.71. The lowest BCUT2D eigenvalue weighted by Gasteiger charge is -2.42. The molecule has 1 heterocycles. The summed E-state index contributed by atoms with van der Waals surface area (Å²) in [6.45, 7) is 0.230. The van der Waals surface area contributed by atoms with E-state index in [-0.39, 0.29) is 60.6 Å². The first kappa shape index (κ1) is 30.3. The Labute approximate surface area is 239 Å². The summed E-state index contributed by atoms with van der Waals surface area (Å²) in [5.74, 6) is -7.25. The maximum Gasteiger partial charge on any atom is 0.335 e. The zero-order valence-corrected chi connectivity index (χ0v) is 22.3. The minimum atomic E-state index is -1.39. The molecule has 0 bridgehead atoms. The van der Waals surface area contributed by atoms with Crippen LogP contribution in [0.4, 0.5) is 13.2 Å². The third-order valence-corrected chi connectivity index (χ3v) is 7.09. The molecule has 0 unspecified atom stereocenters. The number of nitrogens with zero attached hydrogens (tertiary/aromatic N) is 2. The van der Waals surface area contributed by atoms with Crippen LogP contribution in [0.15, 0.2) is 60.7 Å². The van der Waals surface area contributed by atoms with Crippen molar-refractivity contribution in [2.75, 3.05) is 19.6 Å². The maximum atomic E-state index is 14.1. The summed E-state index contributed by atoms with van der Waals surface area (Å²) < 4.78 is 41.0. The van der Waals surface area contributed by atoms with Crippen molar-refractivity contribution in [1.29, 1.82) is 0 Å². The molecule has 3 aromatic carbocycles. The zero-order valence-electron chi connectivity index (χ0n) is 22.3. The highest BCUT2D eigenvalue weighted by Gasteiger charge is 2.34. The molecular formula is C30H28F3N3O6. The van der Waals surface area contributed by atoms with E-state index in [0.29, 0.717) is 18.6 Å². The zero-order chi connectivity index (χ0) is 30.6. The first-order valence-electron chi connectivity index (χ1n) is 13.1. The number of hydrogen-bond acceptors (Lipinski definition) is 5. The number of amides is 2. The fourth-order valence-corrected chi connectivity index (χ4v) is 5.03. The van der Waals surface area contributed by atoms with Gasteiger partial charge in [0.25, 0.3) is 5.91 Å². The summed E-state index contributed by atoms with van der Waals surface area (Å²) in [5.41, 5.74) is 6.02. The molecule has 2 amide bonds. The van der Waals surface area contributed by atoms with Crippen molar-refractivity contribution in [1.82, 2.24) is 9.80 Å². The molecule has 0 spiro atoms. The highest BCUT2D eigenvalue weighted by atomic mass is 19.2. The molecule has 3 aromatic rings. The van der Waals surface area contributed by atoms with Crippen LogP contribution in [-0.2, 0) is 17.6 Å². The van der Waals surface area contributed by atoms with E-state index in [4.69, 9.17) is 5.73 Å². The van der Waals surface area contributed by atoms with Crippen molar-refractivity contribution in [3.63, 3.8) is 0 Å². The lowest BCUT2D eigenvalue weighted by molar-refractivity contribution is -0.136. The number of halogens is 3. The molecule has 4 N–H and O–H groups in total. The third-order valence-electron chi connectivity index (χ3n) is 7.09. The van der Waals surface area contributed by atoms with Gasteiger partial charge in [0.15, 0.2) is 11.6 Å². The molecule has 1 saturated heterocycles. The minimum absolute atomic E-state index is 0.0617. The summed E-state index contributed by atoms with van der Waals surface area (Å²) in [4.78, 5) is 52.8. The fourth-order valence-electron chi connectivity index (χ4n) is 5.03. The number of nitrogens with two attached hydrogens (primary N) is 1. The molecule has 9 nitrogen and oxygen atoms in total. The van der Waals surface area contributed by atoms with Gasteiger partial charge in [-0.3, -0.25) is 9.59 Å². The minimum Gasteiger partial charge on any atom is -0.478 e. The molecule has 0 aliphatic carbocycles. The molecule has 2 atom stereocenters. The van der Waals surface area contributed by atoms with Gasteiger partial charge in [-0.15, -0.1) is 0 Å². The fraction of sp³-hybridized carbons (Fsp3) is 0.267. The number of carboxylic acids is 2. The number of carboxylic acid groups (broad SMARTS) is 2. The van der Waals surface area contributed by atoms with Crippen LogP contribution in [-0.4, -0.2) is 75.5 Å². The largest absolute Gasteiger partial charge is 0.478 e. The quantitative estimate of drug-likeness (QED) is 0.328. The summed E-state index contributed by atoms with van der Waals surface area (Å²) in [5, 5.41) is 18.8. The van der Waals surface area contributed by atoms with Gasteiger partial charge in [0.1, 0.15) is 5.82 Å². The van der Waals surface area contributed by atoms with E-state index in [0.717, 1.165) is 23.8 Å². The van der Waals surface area contributed by atoms with Gasteiger partial charge in [0, 0.05) is 43.7 Å². The first-order valence-corrected chi connectivity index (χ1v) is 13.1. The topological polar surface area (TPSA) is 141 Å².